The van der Waals surface area contributed by atoms with E-state index in [4.69, 9.17) is 4.74 Å². The summed E-state index contributed by atoms with van der Waals surface area (Å²) in [5.74, 6) is 1.06. The quantitative estimate of drug-likeness (QED) is 0.783. The summed E-state index contributed by atoms with van der Waals surface area (Å²) >= 11 is 3.52. The maximum absolute atomic E-state index is 5.47. The Labute approximate surface area is 98.4 Å². The molecule has 1 aliphatic heterocycles. The number of nitrogens with zero attached hydrogens (tertiary/aromatic N) is 3. The van der Waals surface area contributed by atoms with E-state index < -0.39 is 0 Å². The van der Waals surface area contributed by atoms with Gasteiger partial charge in [-0.1, -0.05) is 15.9 Å². The first-order valence-electron chi connectivity index (χ1n) is 5.28. The molecule has 5 heteroatoms. The number of hydrogen-bond donors (Lipinski definition) is 0. The molecule has 1 unspecified atom stereocenters. The van der Waals surface area contributed by atoms with Gasteiger partial charge < -0.3 is 14.2 Å². The molecule has 15 heavy (non-hydrogen) atoms. The SMILES string of the molecule is CCn1ccnc1N1CCOCC1CBr. The number of hydrogen-bond acceptors (Lipinski definition) is 3. The molecule has 2 rings (SSSR count). The molecule has 0 spiro atoms. The van der Waals surface area contributed by atoms with Gasteiger partial charge in [0, 0.05) is 30.8 Å². The summed E-state index contributed by atoms with van der Waals surface area (Å²) < 4.78 is 7.63. The predicted octanol–water partition coefficient (Wildman–Crippen LogP) is 1.50. The first-order valence-corrected chi connectivity index (χ1v) is 6.40. The third kappa shape index (κ3) is 2.18. The van der Waals surface area contributed by atoms with Crippen LogP contribution < -0.4 is 4.90 Å². The summed E-state index contributed by atoms with van der Waals surface area (Å²) in [4.78, 5) is 6.74. The maximum atomic E-state index is 5.47. The second kappa shape index (κ2) is 4.99. The van der Waals surface area contributed by atoms with Crippen molar-refractivity contribution in [2.24, 2.45) is 0 Å². The molecular formula is C10H16BrN3O. The van der Waals surface area contributed by atoms with Crippen molar-refractivity contribution in [1.82, 2.24) is 9.55 Å². The van der Waals surface area contributed by atoms with Gasteiger partial charge in [0.2, 0.25) is 5.95 Å². The van der Waals surface area contributed by atoms with Crippen LogP contribution in [0.4, 0.5) is 5.95 Å². The smallest absolute Gasteiger partial charge is 0.205 e. The van der Waals surface area contributed by atoms with Crippen molar-refractivity contribution in [1.29, 1.82) is 0 Å². The molecule has 1 fully saturated rings. The van der Waals surface area contributed by atoms with Gasteiger partial charge in [0.1, 0.15) is 0 Å². The first kappa shape index (κ1) is 11.0. The molecule has 1 saturated heterocycles. The van der Waals surface area contributed by atoms with E-state index >= 15 is 0 Å². The summed E-state index contributed by atoms with van der Waals surface area (Å²) in [6, 6.07) is 0.395. The van der Waals surface area contributed by atoms with E-state index in [9.17, 15) is 0 Å². The second-order valence-corrected chi connectivity index (χ2v) is 4.24. The van der Waals surface area contributed by atoms with Gasteiger partial charge in [-0.05, 0) is 6.92 Å². The molecule has 0 aromatic carbocycles. The minimum atomic E-state index is 0.395. The molecule has 4 nitrogen and oxygen atoms in total. The van der Waals surface area contributed by atoms with Crippen LogP contribution in [0.25, 0.3) is 0 Å². The fourth-order valence-electron chi connectivity index (χ4n) is 1.85. The van der Waals surface area contributed by atoms with Gasteiger partial charge in [-0.3, -0.25) is 0 Å². The molecule has 1 aromatic rings. The zero-order valence-corrected chi connectivity index (χ0v) is 10.5. The normalized spacial score (nSPS) is 22.0. The predicted molar refractivity (Wildman–Crippen MR) is 63.6 cm³/mol. The number of anilines is 1. The Morgan fingerprint density at radius 3 is 3.27 bits per heavy atom. The van der Waals surface area contributed by atoms with Crippen LogP contribution in [-0.4, -0.2) is 40.7 Å². The second-order valence-electron chi connectivity index (χ2n) is 3.59. The van der Waals surface area contributed by atoms with Crippen LogP contribution in [0.3, 0.4) is 0 Å². The average Bonchev–Trinajstić information content (AvgIpc) is 2.76. The summed E-state index contributed by atoms with van der Waals surface area (Å²) in [6.45, 7) is 5.59. The fraction of sp³-hybridized carbons (Fsp3) is 0.700. The van der Waals surface area contributed by atoms with E-state index in [1.165, 1.54) is 0 Å². The third-order valence-electron chi connectivity index (χ3n) is 2.70. The van der Waals surface area contributed by atoms with Crippen LogP contribution in [0, 0.1) is 0 Å². The Balaban J connectivity index is 2.20. The van der Waals surface area contributed by atoms with Crippen molar-refractivity contribution in [2.75, 3.05) is 30.0 Å². The zero-order chi connectivity index (χ0) is 10.7. The van der Waals surface area contributed by atoms with Gasteiger partial charge >= 0.3 is 0 Å². The minimum absolute atomic E-state index is 0.395. The van der Waals surface area contributed by atoms with Gasteiger partial charge in [0.25, 0.3) is 0 Å². The largest absolute Gasteiger partial charge is 0.377 e. The van der Waals surface area contributed by atoms with E-state index in [0.29, 0.717) is 6.04 Å². The number of morpholine rings is 1. The van der Waals surface area contributed by atoms with Crippen LogP contribution in [0.15, 0.2) is 12.4 Å². The van der Waals surface area contributed by atoms with Crippen molar-refractivity contribution in [3.05, 3.63) is 12.4 Å². The minimum Gasteiger partial charge on any atom is -0.377 e. The molecule has 0 bridgehead atoms. The van der Waals surface area contributed by atoms with E-state index in [-0.39, 0.29) is 0 Å². The Hall–Kier alpha value is -0.550. The Bertz CT molecular complexity index is 315. The number of ether oxygens (including phenoxy) is 1. The maximum Gasteiger partial charge on any atom is 0.205 e. The Morgan fingerprint density at radius 2 is 2.53 bits per heavy atom. The molecule has 1 atom stereocenters. The lowest BCUT2D eigenvalue weighted by Crippen LogP contribution is -2.47. The fourth-order valence-corrected chi connectivity index (χ4v) is 2.39. The lowest BCUT2D eigenvalue weighted by molar-refractivity contribution is 0.0992. The van der Waals surface area contributed by atoms with Crippen molar-refractivity contribution in [3.63, 3.8) is 0 Å². The van der Waals surface area contributed by atoms with Gasteiger partial charge in [-0.15, -0.1) is 0 Å². The molecule has 0 radical (unpaired) electrons. The van der Waals surface area contributed by atoms with Crippen LogP contribution >= 0.6 is 15.9 Å². The van der Waals surface area contributed by atoms with Gasteiger partial charge in [0.05, 0.1) is 19.3 Å². The van der Waals surface area contributed by atoms with E-state index in [2.05, 4.69) is 37.3 Å². The molecule has 0 N–H and O–H groups in total. The lowest BCUT2D eigenvalue weighted by Gasteiger charge is -2.35. The van der Waals surface area contributed by atoms with Crippen molar-refractivity contribution >= 4 is 21.9 Å². The molecule has 0 amide bonds. The highest BCUT2D eigenvalue weighted by molar-refractivity contribution is 9.09. The summed E-state index contributed by atoms with van der Waals surface area (Å²) in [5, 5.41) is 0.920. The van der Waals surface area contributed by atoms with Crippen LogP contribution in [0.5, 0.6) is 0 Å². The highest BCUT2D eigenvalue weighted by atomic mass is 79.9. The number of halogens is 1. The van der Waals surface area contributed by atoms with Crippen molar-refractivity contribution in [3.8, 4) is 0 Å². The topological polar surface area (TPSA) is 30.3 Å². The van der Waals surface area contributed by atoms with E-state index in [1.54, 1.807) is 0 Å². The van der Waals surface area contributed by atoms with Crippen LogP contribution in [0.1, 0.15) is 6.92 Å². The lowest BCUT2D eigenvalue weighted by atomic mass is 10.3. The van der Waals surface area contributed by atoms with Gasteiger partial charge in [-0.2, -0.15) is 0 Å². The molecule has 2 heterocycles. The van der Waals surface area contributed by atoms with Gasteiger partial charge in [0.15, 0.2) is 0 Å². The molecular weight excluding hydrogens is 258 g/mol. The van der Waals surface area contributed by atoms with Crippen LogP contribution in [-0.2, 0) is 11.3 Å². The average molecular weight is 274 g/mol. The zero-order valence-electron chi connectivity index (χ0n) is 8.90. The molecule has 1 aromatic heterocycles. The third-order valence-corrected chi connectivity index (χ3v) is 3.44. The standard InChI is InChI=1S/C10H16BrN3O/c1-2-13-4-3-12-10(13)14-5-6-15-8-9(14)7-11/h3-4,9H,2,5-8H2,1H3. The summed E-state index contributed by atoms with van der Waals surface area (Å²) in [7, 11) is 0. The highest BCUT2D eigenvalue weighted by Crippen LogP contribution is 2.18. The Morgan fingerprint density at radius 1 is 1.67 bits per heavy atom. The number of rotatable bonds is 3. The van der Waals surface area contributed by atoms with E-state index in [1.807, 2.05) is 12.4 Å². The van der Waals surface area contributed by atoms with Crippen molar-refractivity contribution in [2.45, 2.75) is 19.5 Å². The number of imidazole rings is 1. The first-order chi connectivity index (χ1) is 7.36. The van der Waals surface area contributed by atoms with Crippen LogP contribution in [0.2, 0.25) is 0 Å². The molecule has 84 valence electrons. The monoisotopic (exact) mass is 273 g/mol. The number of alkyl halides is 1. The van der Waals surface area contributed by atoms with E-state index in [0.717, 1.165) is 37.6 Å². The highest BCUT2D eigenvalue weighted by Gasteiger charge is 2.24. The Kier molecular flexibility index (Phi) is 3.64. The van der Waals surface area contributed by atoms with Crippen molar-refractivity contribution < 1.29 is 4.74 Å². The summed E-state index contributed by atoms with van der Waals surface area (Å²) in [5.41, 5.74) is 0. The number of aromatic nitrogens is 2. The molecule has 0 aliphatic carbocycles. The summed E-state index contributed by atoms with van der Waals surface area (Å²) in [6.07, 6.45) is 3.88. The van der Waals surface area contributed by atoms with Gasteiger partial charge in [-0.25, -0.2) is 4.98 Å². The molecule has 1 aliphatic rings. The molecule has 0 saturated carbocycles. The number of aryl methyl sites for hydroxylation is 1.